The van der Waals surface area contributed by atoms with Crippen LogP contribution in [0.25, 0.3) is 0 Å². The van der Waals surface area contributed by atoms with Crippen molar-refractivity contribution in [2.24, 2.45) is 0 Å². The molecule has 0 saturated carbocycles. The highest BCUT2D eigenvalue weighted by atomic mass is 19.1. The Morgan fingerprint density at radius 3 is 2.76 bits per heavy atom. The fourth-order valence-electron chi connectivity index (χ4n) is 3.42. The van der Waals surface area contributed by atoms with E-state index in [1.54, 1.807) is 0 Å². The number of hydrogen-bond acceptors (Lipinski definition) is 4. The molecule has 0 spiro atoms. The van der Waals surface area contributed by atoms with Crippen molar-refractivity contribution in [2.75, 3.05) is 18.5 Å². The zero-order valence-corrected chi connectivity index (χ0v) is 13.5. The Kier molecular flexibility index (Phi) is 4.71. The molecule has 0 aromatic heterocycles. The van der Waals surface area contributed by atoms with E-state index < -0.39 is 29.2 Å². The number of amides is 2. The number of halogens is 1. The van der Waals surface area contributed by atoms with Crippen LogP contribution in [0, 0.1) is 5.82 Å². The van der Waals surface area contributed by atoms with E-state index in [0.717, 1.165) is 0 Å². The molecule has 2 aliphatic rings. The number of hydrogen-bond donors (Lipinski definition) is 3. The zero-order chi connectivity index (χ0) is 18.0. The number of rotatable bonds is 4. The van der Waals surface area contributed by atoms with Crippen LogP contribution < -0.4 is 10.6 Å². The molecule has 3 rings (SSSR count). The van der Waals surface area contributed by atoms with Crippen LogP contribution in [0.15, 0.2) is 18.2 Å². The largest absolute Gasteiger partial charge is 0.481 e. The Bertz CT molecular complexity index is 715. The fourth-order valence-corrected chi connectivity index (χ4v) is 3.42. The second kappa shape index (κ2) is 6.79. The second-order valence-corrected chi connectivity index (χ2v) is 6.49. The Morgan fingerprint density at radius 1 is 1.36 bits per heavy atom. The first-order chi connectivity index (χ1) is 11.9. The molecule has 3 N–H and O–H groups in total. The summed E-state index contributed by atoms with van der Waals surface area (Å²) < 4.78 is 18.7. The lowest BCUT2D eigenvalue weighted by molar-refractivity contribution is -0.141. The Hall–Kier alpha value is -2.48. The first kappa shape index (κ1) is 17.3. The lowest BCUT2D eigenvalue weighted by atomic mass is 9.84. The third-order valence-corrected chi connectivity index (χ3v) is 4.70. The average Bonchev–Trinajstić information content (AvgIpc) is 2.53. The number of carbonyl (C=O) groups excluding carboxylic acids is 2. The van der Waals surface area contributed by atoms with Gasteiger partial charge >= 0.3 is 5.97 Å². The van der Waals surface area contributed by atoms with Gasteiger partial charge in [-0.05, 0) is 30.5 Å². The van der Waals surface area contributed by atoms with Crippen molar-refractivity contribution in [1.29, 1.82) is 0 Å². The van der Waals surface area contributed by atoms with Gasteiger partial charge in [0.1, 0.15) is 5.82 Å². The van der Waals surface area contributed by atoms with Gasteiger partial charge in [0.05, 0.1) is 17.9 Å². The number of ether oxygens (including phenoxy) is 1. The summed E-state index contributed by atoms with van der Waals surface area (Å²) in [5.74, 6) is -3.10. The second-order valence-electron chi connectivity index (χ2n) is 6.49. The van der Waals surface area contributed by atoms with Gasteiger partial charge in [-0.25, -0.2) is 4.39 Å². The van der Waals surface area contributed by atoms with Gasteiger partial charge < -0.3 is 20.5 Å². The first-order valence-corrected chi connectivity index (χ1v) is 8.09. The molecule has 134 valence electrons. The number of carbonyl (C=O) groups is 3. The van der Waals surface area contributed by atoms with Crippen molar-refractivity contribution in [3.05, 3.63) is 29.6 Å². The van der Waals surface area contributed by atoms with E-state index in [2.05, 4.69) is 10.6 Å². The van der Waals surface area contributed by atoms with Gasteiger partial charge in [0.25, 0.3) is 0 Å². The van der Waals surface area contributed by atoms with Crippen LogP contribution in [-0.4, -0.2) is 41.6 Å². The van der Waals surface area contributed by atoms with E-state index in [1.807, 2.05) is 0 Å². The summed E-state index contributed by atoms with van der Waals surface area (Å²) in [5, 5.41) is 14.6. The van der Waals surface area contributed by atoms with E-state index >= 15 is 0 Å². The molecular weight excluding hydrogens is 331 g/mol. The highest BCUT2D eigenvalue weighted by Crippen LogP contribution is 2.34. The van der Waals surface area contributed by atoms with Crippen LogP contribution in [0.3, 0.4) is 0 Å². The Balaban J connectivity index is 1.85. The maximum Gasteiger partial charge on any atom is 0.305 e. The number of carboxylic acids is 1. The van der Waals surface area contributed by atoms with Gasteiger partial charge in [0, 0.05) is 25.3 Å². The predicted molar refractivity (Wildman–Crippen MR) is 85.6 cm³/mol. The monoisotopic (exact) mass is 350 g/mol. The topological polar surface area (TPSA) is 105 Å². The SMILES string of the molecule is O=C(O)CC1(NC(=O)C2CC(=O)Nc3cc(F)ccc32)CCOCC1. The first-order valence-electron chi connectivity index (χ1n) is 8.09. The van der Waals surface area contributed by atoms with Crippen LogP contribution >= 0.6 is 0 Å². The quantitative estimate of drug-likeness (QED) is 0.761. The number of fused-ring (bicyclic) bond motifs is 1. The van der Waals surface area contributed by atoms with Gasteiger partial charge in [-0.15, -0.1) is 0 Å². The van der Waals surface area contributed by atoms with E-state index in [0.29, 0.717) is 31.6 Å². The molecular formula is C17H19FN2O5. The minimum absolute atomic E-state index is 0.0654. The van der Waals surface area contributed by atoms with Crippen LogP contribution in [0.5, 0.6) is 0 Å². The molecule has 0 radical (unpaired) electrons. The zero-order valence-electron chi connectivity index (χ0n) is 13.5. The molecule has 25 heavy (non-hydrogen) atoms. The van der Waals surface area contributed by atoms with Gasteiger partial charge in [-0.3, -0.25) is 14.4 Å². The van der Waals surface area contributed by atoms with Gasteiger partial charge in [0.15, 0.2) is 0 Å². The lowest BCUT2D eigenvalue weighted by Gasteiger charge is -2.38. The highest BCUT2D eigenvalue weighted by Gasteiger charge is 2.40. The highest BCUT2D eigenvalue weighted by molar-refractivity contribution is 6.01. The van der Waals surface area contributed by atoms with Gasteiger partial charge in [0.2, 0.25) is 11.8 Å². The molecule has 2 heterocycles. The molecule has 2 aliphatic heterocycles. The summed E-state index contributed by atoms with van der Waals surface area (Å²) >= 11 is 0. The average molecular weight is 350 g/mol. The summed E-state index contributed by atoms with van der Waals surface area (Å²) in [4.78, 5) is 35.9. The summed E-state index contributed by atoms with van der Waals surface area (Å²) in [5.41, 5.74) is -0.0957. The van der Waals surface area contributed by atoms with Crippen molar-refractivity contribution in [1.82, 2.24) is 5.32 Å². The van der Waals surface area contributed by atoms with Crippen molar-refractivity contribution >= 4 is 23.5 Å². The molecule has 8 heteroatoms. The molecule has 1 atom stereocenters. The molecule has 2 amide bonds. The third kappa shape index (κ3) is 3.79. The predicted octanol–water partition coefficient (Wildman–Crippen LogP) is 1.39. The smallest absolute Gasteiger partial charge is 0.305 e. The maximum absolute atomic E-state index is 13.4. The minimum atomic E-state index is -1.01. The van der Waals surface area contributed by atoms with E-state index in [1.165, 1.54) is 18.2 Å². The number of aliphatic carboxylic acids is 1. The van der Waals surface area contributed by atoms with Crippen molar-refractivity contribution in [2.45, 2.75) is 37.1 Å². The third-order valence-electron chi connectivity index (χ3n) is 4.70. The normalized spacial score (nSPS) is 21.8. The fraction of sp³-hybridized carbons (Fsp3) is 0.471. The van der Waals surface area contributed by atoms with Crippen molar-refractivity contribution < 1.29 is 28.6 Å². The molecule has 7 nitrogen and oxygen atoms in total. The molecule has 1 aromatic rings. The summed E-state index contributed by atoms with van der Waals surface area (Å²) in [7, 11) is 0. The molecule has 1 fully saturated rings. The Morgan fingerprint density at radius 2 is 2.08 bits per heavy atom. The molecule has 1 saturated heterocycles. The van der Waals surface area contributed by atoms with Gasteiger partial charge in [-0.1, -0.05) is 6.07 Å². The van der Waals surface area contributed by atoms with E-state index in [-0.39, 0.29) is 24.4 Å². The van der Waals surface area contributed by atoms with Crippen molar-refractivity contribution in [3.63, 3.8) is 0 Å². The Labute approximate surface area is 143 Å². The minimum Gasteiger partial charge on any atom is -0.481 e. The van der Waals surface area contributed by atoms with E-state index in [4.69, 9.17) is 4.74 Å². The molecule has 1 unspecified atom stereocenters. The number of carboxylic acid groups (broad SMARTS) is 1. The van der Waals surface area contributed by atoms with Crippen LogP contribution in [-0.2, 0) is 19.1 Å². The van der Waals surface area contributed by atoms with Crippen LogP contribution in [0.1, 0.15) is 37.2 Å². The summed E-state index contributed by atoms with van der Waals surface area (Å²) in [6.45, 7) is 0.723. The summed E-state index contributed by atoms with van der Waals surface area (Å²) in [6.07, 6.45) is 0.502. The number of anilines is 1. The number of nitrogens with one attached hydrogen (secondary N) is 2. The lowest BCUT2D eigenvalue weighted by Crippen LogP contribution is -2.54. The maximum atomic E-state index is 13.4. The van der Waals surface area contributed by atoms with Crippen LogP contribution in [0.4, 0.5) is 10.1 Å². The van der Waals surface area contributed by atoms with Gasteiger partial charge in [-0.2, -0.15) is 0 Å². The van der Waals surface area contributed by atoms with Crippen LogP contribution in [0.2, 0.25) is 0 Å². The van der Waals surface area contributed by atoms with E-state index in [9.17, 15) is 23.9 Å². The molecule has 0 bridgehead atoms. The molecule has 0 aliphatic carbocycles. The molecule has 1 aromatic carbocycles. The van der Waals surface area contributed by atoms with Crippen molar-refractivity contribution in [3.8, 4) is 0 Å². The standard InChI is InChI=1S/C17H19FN2O5/c18-10-1-2-11-12(8-14(21)19-13(11)7-10)16(24)20-17(9-15(22)23)3-5-25-6-4-17/h1-2,7,12H,3-6,8-9H2,(H,19,21)(H,20,24)(H,22,23). The summed E-state index contributed by atoms with van der Waals surface area (Å²) in [6, 6.07) is 3.88. The number of benzene rings is 1.